The first-order chi connectivity index (χ1) is 4.27. The number of hydrogen-bond donors (Lipinski definition) is 0. The summed E-state index contributed by atoms with van der Waals surface area (Å²) >= 11 is 0. The molecule has 1 heterocycles. The molecule has 2 nitrogen and oxygen atoms in total. The van der Waals surface area contributed by atoms with Crippen LogP contribution < -0.4 is 12.4 Å². The fourth-order valence-corrected chi connectivity index (χ4v) is 1.02. The van der Waals surface area contributed by atoms with Crippen LogP contribution in [0.5, 0.6) is 0 Å². The van der Waals surface area contributed by atoms with E-state index in [1.165, 1.54) is 0 Å². The van der Waals surface area contributed by atoms with Crippen molar-refractivity contribution in [1.82, 2.24) is 0 Å². The maximum atomic E-state index is 5.32. The first-order valence-electron chi connectivity index (χ1n) is 3.34. The van der Waals surface area contributed by atoms with E-state index in [4.69, 9.17) is 9.47 Å². The topological polar surface area (TPSA) is 18.5 Å². The number of halogens is 1. The summed E-state index contributed by atoms with van der Waals surface area (Å²) in [6.45, 7) is 7.16. The summed E-state index contributed by atoms with van der Waals surface area (Å²) in [5.41, 5.74) is 0. The molecule has 4 heteroatoms. The van der Waals surface area contributed by atoms with Gasteiger partial charge in [0.05, 0.1) is 13.2 Å². The third-order valence-corrected chi connectivity index (χ3v) is 1.53. The molecule has 1 aliphatic heterocycles. The fourth-order valence-electron chi connectivity index (χ4n) is 1.02. The number of ether oxygens (including phenoxy) is 2. The normalized spacial score (nSPS) is 20.2. The first kappa shape index (κ1) is 14.5. The van der Waals surface area contributed by atoms with Crippen LogP contribution in [0.4, 0.5) is 0 Å². The Balaban J connectivity index is 0. The Kier molecular flexibility index (Phi) is 8.55. The van der Waals surface area contributed by atoms with Crippen molar-refractivity contribution < 1.29 is 21.9 Å². The molecule has 1 saturated heterocycles. The third-order valence-electron chi connectivity index (χ3n) is 1.53. The van der Waals surface area contributed by atoms with Gasteiger partial charge in [-0.05, 0) is 13.3 Å². The van der Waals surface area contributed by atoms with Crippen molar-refractivity contribution in [3.63, 3.8) is 0 Å². The van der Waals surface area contributed by atoms with Crippen molar-refractivity contribution in [1.29, 1.82) is 0 Å². The van der Waals surface area contributed by atoms with Gasteiger partial charge in [0.2, 0.25) is 0 Å². The van der Waals surface area contributed by atoms with E-state index in [2.05, 4.69) is 6.92 Å². The number of hydrogen-bond acceptors (Lipinski definition) is 2. The molecule has 0 saturated carbocycles. The van der Waals surface area contributed by atoms with E-state index >= 15 is 0 Å². The summed E-state index contributed by atoms with van der Waals surface area (Å²) in [5.74, 6) is -0.318. The average Bonchev–Trinajstić information content (AvgIpc) is 2.16. The summed E-state index contributed by atoms with van der Waals surface area (Å²) in [6, 6.07) is 0. The summed E-state index contributed by atoms with van der Waals surface area (Å²) in [4.78, 5) is 0. The molecule has 0 amide bonds. The second-order valence-corrected chi connectivity index (χ2v) is 2.43. The Morgan fingerprint density at radius 2 is 1.82 bits per heavy atom. The molecule has 1 aliphatic rings. The summed E-state index contributed by atoms with van der Waals surface area (Å²) in [5, 5.41) is 0. The molecule has 1 rings (SSSR count). The van der Waals surface area contributed by atoms with E-state index in [-0.39, 0.29) is 41.2 Å². The second-order valence-electron chi connectivity index (χ2n) is 2.43. The fraction of sp³-hybridized carbons (Fsp3) is 0.857. The SMILES string of the molecule is [CH2-]CCC1(C)OCCO1.[Cl-].[Mg+2]. The molecule has 0 N–H and O–H groups in total. The van der Waals surface area contributed by atoms with E-state index in [0.717, 1.165) is 26.1 Å². The molecule has 11 heavy (non-hydrogen) atoms. The van der Waals surface area contributed by atoms with Crippen LogP contribution in [0.2, 0.25) is 0 Å². The van der Waals surface area contributed by atoms with E-state index < -0.39 is 0 Å². The summed E-state index contributed by atoms with van der Waals surface area (Å²) < 4.78 is 10.6. The van der Waals surface area contributed by atoms with Gasteiger partial charge in [-0.15, -0.1) is 0 Å². The van der Waals surface area contributed by atoms with Gasteiger partial charge in [0.15, 0.2) is 5.79 Å². The maximum absolute atomic E-state index is 5.32. The van der Waals surface area contributed by atoms with Crippen molar-refractivity contribution in [2.75, 3.05) is 13.2 Å². The van der Waals surface area contributed by atoms with Gasteiger partial charge in [0.1, 0.15) is 0 Å². The molecule has 62 valence electrons. The second kappa shape index (κ2) is 6.49. The van der Waals surface area contributed by atoms with E-state index in [1.54, 1.807) is 0 Å². The van der Waals surface area contributed by atoms with Gasteiger partial charge in [0, 0.05) is 0 Å². The molecule has 0 radical (unpaired) electrons. The van der Waals surface area contributed by atoms with Crippen molar-refractivity contribution in [3.05, 3.63) is 6.92 Å². The van der Waals surface area contributed by atoms with E-state index in [1.807, 2.05) is 6.92 Å². The Morgan fingerprint density at radius 3 is 2.18 bits per heavy atom. The van der Waals surface area contributed by atoms with E-state index in [9.17, 15) is 0 Å². The van der Waals surface area contributed by atoms with Crippen molar-refractivity contribution in [2.24, 2.45) is 0 Å². The minimum atomic E-state index is -0.318. The first-order valence-corrected chi connectivity index (χ1v) is 3.34. The largest absolute Gasteiger partial charge is 2.00 e. The van der Waals surface area contributed by atoms with Crippen LogP contribution in [0, 0.1) is 6.92 Å². The minimum Gasteiger partial charge on any atom is -1.00 e. The zero-order valence-corrected chi connectivity index (χ0v) is 9.11. The molecular weight excluding hydrogens is 176 g/mol. The molecule has 0 bridgehead atoms. The van der Waals surface area contributed by atoms with Crippen LogP contribution in [0.1, 0.15) is 19.8 Å². The molecule has 0 atom stereocenters. The van der Waals surface area contributed by atoms with Crippen molar-refractivity contribution >= 4 is 23.1 Å². The quantitative estimate of drug-likeness (QED) is 0.369. The van der Waals surface area contributed by atoms with Gasteiger partial charge < -0.3 is 28.8 Å². The van der Waals surface area contributed by atoms with Crippen molar-refractivity contribution in [2.45, 2.75) is 25.6 Å². The molecule has 0 aliphatic carbocycles. The van der Waals surface area contributed by atoms with Crippen LogP contribution in [0.3, 0.4) is 0 Å². The maximum Gasteiger partial charge on any atom is 2.00 e. The van der Waals surface area contributed by atoms with Gasteiger partial charge in [-0.2, -0.15) is 6.42 Å². The number of rotatable bonds is 2. The monoisotopic (exact) mass is 188 g/mol. The zero-order valence-electron chi connectivity index (χ0n) is 6.94. The molecule has 0 aromatic rings. The Labute approximate surface area is 90.6 Å². The molecule has 0 unspecified atom stereocenters. The van der Waals surface area contributed by atoms with Gasteiger partial charge in [-0.1, -0.05) is 0 Å². The summed E-state index contributed by atoms with van der Waals surface area (Å²) in [6.07, 6.45) is 1.77. The summed E-state index contributed by atoms with van der Waals surface area (Å²) in [7, 11) is 0. The van der Waals surface area contributed by atoms with Crippen LogP contribution in [-0.4, -0.2) is 42.1 Å². The van der Waals surface area contributed by atoms with Gasteiger partial charge in [0.25, 0.3) is 0 Å². The van der Waals surface area contributed by atoms with Gasteiger partial charge in [-0.25, -0.2) is 0 Å². The molecule has 0 spiro atoms. The Hall–Kier alpha value is 0.976. The standard InChI is InChI=1S/C7H13O2.ClH.Mg/c1-3-4-7(2)8-5-6-9-7;;/h1,3-6H2,2H3;1H;/q-1;;+2/p-1. The van der Waals surface area contributed by atoms with Crippen LogP contribution in [0.15, 0.2) is 0 Å². The molecule has 0 aromatic heterocycles. The molecular formula is C7H13ClMgO2. The zero-order chi connectivity index (χ0) is 6.74. The van der Waals surface area contributed by atoms with E-state index in [0.29, 0.717) is 0 Å². The van der Waals surface area contributed by atoms with Crippen molar-refractivity contribution in [3.8, 4) is 0 Å². The van der Waals surface area contributed by atoms with Crippen LogP contribution in [-0.2, 0) is 9.47 Å². The Bertz CT molecular complexity index is 94.4. The molecule has 0 aromatic carbocycles. The van der Waals surface area contributed by atoms with Gasteiger partial charge in [-0.3, -0.25) is 0 Å². The van der Waals surface area contributed by atoms with Crippen LogP contribution in [0.25, 0.3) is 0 Å². The minimum absolute atomic E-state index is 0. The molecule has 1 fully saturated rings. The Morgan fingerprint density at radius 1 is 1.36 bits per heavy atom. The third kappa shape index (κ3) is 4.53. The van der Waals surface area contributed by atoms with Crippen LogP contribution >= 0.6 is 0 Å². The smallest absolute Gasteiger partial charge is 1.00 e. The van der Waals surface area contributed by atoms with Gasteiger partial charge >= 0.3 is 23.1 Å². The average molecular weight is 189 g/mol. The predicted octanol–water partition coefficient (Wildman–Crippen LogP) is -2.01. The predicted molar refractivity (Wildman–Crippen MR) is 40.7 cm³/mol.